The van der Waals surface area contributed by atoms with E-state index in [0.717, 1.165) is 22.7 Å². The second-order valence-electron chi connectivity index (χ2n) is 25.3. The monoisotopic (exact) mass is 1000 g/mol. The van der Waals surface area contributed by atoms with Crippen LogP contribution in [0.5, 0.6) is 0 Å². The highest BCUT2D eigenvalue weighted by Gasteiger charge is 2.51. The Balaban J connectivity index is 1.25. The van der Waals surface area contributed by atoms with Crippen LogP contribution in [0, 0.1) is 0 Å². The fourth-order valence-electron chi connectivity index (χ4n) is 13.1. The standard InChI is InChI=1S/C70H76N2Si2/c1-67(2,3)73(13,68(4,5)6)53-45-41-51(42-46-53)71(49-29-17-15-18-30-49)65-59-37-25-21-33-55(59)63(56-34-22-26-38-60(56)65)64-57-35-23-27-39-61(57)66(62-40-28-24-36-58(62)64)72(50-31-19-16-20-32-50)52-43-47-54(48-44-52)74(14,69(7,8)9)70(10,11)12/h15-48H,1-14H3. The number of rotatable bonds is 9. The molecule has 4 heteroatoms. The van der Waals surface area contributed by atoms with Crippen molar-refractivity contribution in [1.82, 2.24) is 0 Å². The Morgan fingerprint density at radius 2 is 0.446 bits per heavy atom. The molecule has 0 amide bonds. The van der Waals surface area contributed by atoms with Crippen LogP contribution in [0.1, 0.15) is 83.1 Å². The Morgan fingerprint density at radius 3 is 0.676 bits per heavy atom. The fraction of sp³-hybridized carbons (Fsp3) is 0.257. The highest BCUT2D eigenvalue weighted by Crippen LogP contribution is 2.55. The zero-order chi connectivity index (χ0) is 52.6. The quantitative estimate of drug-likeness (QED) is 0.105. The van der Waals surface area contributed by atoms with E-state index in [2.05, 4.69) is 312 Å². The zero-order valence-electron chi connectivity index (χ0n) is 46.5. The molecule has 10 aromatic rings. The lowest BCUT2D eigenvalue weighted by atomic mass is 9.84. The van der Waals surface area contributed by atoms with E-state index in [1.54, 1.807) is 0 Å². The molecular formula is C70H76N2Si2. The molecule has 0 aliphatic heterocycles. The number of fused-ring (bicyclic) bond motifs is 4. The van der Waals surface area contributed by atoms with Crippen molar-refractivity contribution in [2.45, 2.75) is 116 Å². The predicted molar refractivity (Wildman–Crippen MR) is 333 cm³/mol. The maximum Gasteiger partial charge on any atom is 0.0942 e. The van der Waals surface area contributed by atoms with E-state index in [1.165, 1.54) is 76.0 Å². The number of benzene rings is 10. The van der Waals surface area contributed by atoms with E-state index in [4.69, 9.17) is 0 Å². The molecule has 74 heavy (non-hydrogen) atoms. The van der Waals surface area contributed by atoms with Crippen LogP contribution in [0.3, 0.4) is 0 Å². The summed E-state index contributed by atoms with van der Waals surface area (Å²) in [6, 6.07) is 78.0. The first-order valence-corrected chi connectivity index (χ1v) is 31.9. The minimum absolute atomic E-state index is 0.175. The third kappa shape index (κ3) is 8.21. The van der Waals surface area contributed by atoms with Crippen LogP contribution in [0.2, 0.25) is 33.2 Å². The van der Waals surface area contributed by atoms with Crippen LogP contribution in [0.25, 0.3) is 54.2 Å². The van der Waals surface area contributed by atoms with E-state index in [-0.39, 0.29) is 20.2 Å². The maximum absolute atomic E-state index is 2.59. The van der Waals surface area contributed by atoms with Crippen LogP contribution < -0.4 is 20.2 Å². The van der Waals surface area contributed by atoms with Crippen molar-refractivity contribution >= 4 is 104 Å². The van der Waals surface area contributed by atoms with E-state index < -0.39 is 16.1 Å². The molecule has 0 saturated carbocycles. The third-order valence-electron chi connectivity index (χ3n) is 17.9. The van der Waals surface area contributed by atoms with Gasteiger partial charge in [0.2, 0.25) is 0 Å². The molecule has 0 bridgehead atoms. The maximum atomic E-state index is 2.59. The van der Waals surface area contributed by atoms with Gasteiger partial charge < -0.3 is 9.80 Å². The molecule has 0 radical (unpaired) electrons. The molecule has 374 valence electrons. The van der Waals surface area contributed by atoms with E-state index in [9.17, 15) is 0 Å². The van der Waals surface area contributed by atoms with Gasteiger partial charge in [0.15, 0.2) is 0 Å². The summed E-state index contributed by atoms with van der Waals surface area (Å²) >= 11 is 0. The van der Waals surface area contributed by atoms with Crippen LogP contribution in [0.4, 0.5) is 34.1 Å². The lowest BCUT2D eigenvalue weighted by Gasteiger charge is -2.50. The van der Waals surface area contributed by atoms with E-state index in [0.29, 0.717) is 0 Å². The second kappa shape index (κ2) is 18.6. The van der Waals surface area contributed by atoms with Crippen LogP contribution in [-0.4, -0.2) is 16.1 Å². The van der Waals surface area contributed by atoms with Gasteiger partial charge in [0.25, 0.3) is 0 Å². The predicted octanol–water partition coefficient (Wildman–Crippen LogP) is 20.7. The number of hydrogen-bond donors (Lipinski definition) is 0. The van der Waals surface area contributed by atoms with Crippen LogP contribution in [-0.2, 0) is 0 Å². The summed E-state index contributed by atoms with van der Waals surface area (Å²) in [7, 11) is -4.03. The number of para-hydroxylation sites is 2. The van der Waals surface area contributed by atoms with E-state index >= 15 is 0 Å². The topological polar surface area (TPSA) is 6.48 Å². The highest BCUT2D eigenvalue weighted by atomic mass is 28.3. The van der Waals surface area contributed by atoms with Crippen molar-refractivity contribution < 1.29 is 0 Å². The Kier molecular flexibility index (Phi) is 12.8. The molecule has 0 spiro atoms. The van der Waals surface area contributed by atoms with Gasteiger partial charge >= 0.3 is 0 Å². The lowest BCUT2D eigenvalue weighted by molar-refractivity contribution is 0.629. The molecule has 0 fully saturated rings. The molecule has 10 aromatic carbocycles. The molecule has 0 aliphatic rings. The van der Waals surface area contributed by atoms with E-state index in [1.807, 2.05) is 0 Å². The molecule has 0 aliphatic carbocycles. The smallest absolute Gasteiger partial charge is 0.0942 e. The number of hydrogen-bond acceptors (Lipinski definition) is 2. The Bertz CT molecular complexity index is 3270. The van der Waals surface area contributed by atoms with Gasteiger partial charge in [-0.15, -0.1) is 0 Å². The first-order valence-electron chi connectivity index (χ1n) is 26.9. The van der Waals surface area contributed by atoms with Gasteiger partial charge in [-0.1, -0.05) is 264 Å². The van der Waals surface area contributed by atoms with Crippen molar-refractivity contribution in [3.05, 3.63) is 206 Å². The van der Waals surface area contributed by atoms with Crippen LogP contribution >= 0.6 is 0 Å². The van der Waals surface area contributed by atoms with Crippen molar-refractivity contribution in [3.63, 3.8) is 0 Å². The SMILES string of the molecule is CC(C)(C)[Si](C)(c1ccc(N(c2ccccc2)c2c3ccccc3c(-c3c4ccccc4c(N(c4ccccc4)c4ccc([Si](C)(C(C)(C)C)C(C)(C)C)cc4)c4ccccc34)c3ccccc23)cc1)C(C)(C)C. The van der Waals surface area contributed by atoms with Crippen molar-refractivity contribution in [3.8, 4) is 11.1 Å². The summed E-state index contributed by atoms with van der Waals surface area (Å²) in [6.45, 7) is 34.5. The molecule has 0 heterocycles. The molecule has 2 nitrogen and oxygen atoms in total. The zero-order valence-corrected chi connectivity index (χ0v) is 48.5. The van der Waals surface area contributed by atoms with Crippen LogP contribution in [0.15, 0.2) is 206 Å². The van der Waals surface area contributed by atoms with Gasteiger partial charge in [0.05, 0.1) is 27.5 Å². The molecule has 0 saturated heterocycles. The summed E-state index contributed by atoms with van der Waals surface area (Å²) in [5.41, 5.74) is 9.45. The molecule has 0 aromatic heterocycles. The summed E-state index contributed by atoms with van der Waals surface area (Å²) in [6.07, 6.45) is 0. The number of nitrogens with zero attached hydrogens (tertiary/aromatic N) is 2. The van der Waals surface area contributed by atoms with Gasteiger partial charge in [-0.3, -0.25) is 0 Å². The van der Waals surface area contributed by atoms with Gasteiger partial charge in [0, 0.05) is 44.3 Å². The number of anilines is 6. The normalized spacial score (nSPS) is 13.0. The van der Waals surface area contributed by atoms with Crippen molar-refractivity contribution in [2.24, 2.45) is 0 Å². The first-order chi connectivity index (χ1) is 35.1. The van der Waals surface area contributed by atoms with Gasteiger partial charge in [-0.05, 0) is 101 Å². The molecule has 10 rings (SSSR count). The van der Waals surface area contributed by atoms with Crippen molar-refractivity contribution in [2.75, 3.05) is 9.80 Å². The van der Waals surface area contributed by atoms with Gasteiger partial charge in [-0.25, -0.2) is 0 Å². The average Bonchev–Trinajstić information content (AvgIpc) is 3.40. The summed E-state index contributed by atoms with van der Waals surface area (Å²) < 4.78 is 0. The van der Waals surface area contributed by atoms with Gasteiger partial charge in [0.1, 0.15) is 0 Å². The summed E-state index contributed by atoms with van der Waals surface area (Å²) in [5.74, 6) is 0. The largest absolute Gasteiger partial charge is 0.309 e. The summed E-state index contributed by atoms with van der Waals surface area (Å²) in [5, 5.41) is 13.4. The Labute approximate surface area is 444 Å². The fourth-order valence-corrected chi connectivity index (χ4v) is 22.7. The highest BCUT2D eigenvalue weighted by molar-refractivity contribution is 6.96. The van der Waals surface area contributed by atoms with Gasteiger partial charge in [-0.2, -0.15) is 0 Å². The lowest BCUT2D eigenvalue weighted by Crippen LogP contribution is -2.58. The minimum Gasteiger partial charge on any atom is -0.309 e. The second-order valence-corrected chi connectivity index (χ2v) is 37.0. The first kappa shape index (κ1) is 50.8. The average molecular weight is 1000 g/mol. The molecule has 0 unspecified atom stereocenters. The molecule has 0 N–H and O–H groups in total. The van der Waals surface area contributed by atoms with Crippen molar-refractivity contribution in [1.29, 1.82) is 0 Å². The Morgan fingerprint density at radius 1 is 0.243 bits per heavy atom. The molecule has 0 atom stereocenters. The molecular weight excluding hydrogens is 925 g/mol. The summed E-state index contributed by atoms with van der Waals surface area (Å²) in [4.78, 5) is 5.03. The Hall–Kier alpha value is -6.73. The minimum atomic E-state index is -2.01. The third-order valence-corrected chi connectivity index (χ3v) is 32.9.